The molecular weight excluding hydrogens is 250 g/mol. The van der Waals surface area contributed by atoms with Crippen LogP contribution >= 0.6 is 11.6 Å². The van der Waals surface area contributed by atoms with Crippen molar-refractivity contribution in [2.75, 3.05) is 17.6 Å². The number of amides is 1. The van der Waals surface area contributed by atoms with Crippen LogP contribution in [0, 0.1) is 0 Å². The van der Waals surface area contributed by atoms with Crippen molar-refractivity contribution in [3.63, 3.8) is 0 Å². The molecule has 18 heavy (non-hydrogen) atoms. The molecule has 3 N–H and O–H groups in total. The van der Waals surface area contributed by atoms with Gasteiger partial charge in [0.1, 0.15) is 0 Å². The van der Waals surface area contributed by atoms with Crippen molar-refractivity contribution in [1.82, 2.24) is 4.90 Å². The number of likely N-dealkylation sites (tertiary alicyclic amines) is 1. The summed E-state index contributed by atoms with van der Waals surface area (Å²) in [6, 6.07) is 5.82. The number of anilines is 2. The molecule has 1 aromatic rings. The van der Waals surface area contributed by atoms with E-state index in [2.05, 4.69) is 5.32 Å². The molecule has 4 nitrogen and oxygen atoms in total. The highest BCUT2D eigenvalue weighted by Crippen LogP contribution is 2.25. The average molecular weight is 268 g/mol. The van der Waals surface area contributed by atoms with Gasteiger partial charge in [0.15, 0.2) is 0 Å². The molecule has 1 unspecified atom stereocenters. The van der Waals surface area contributed by atoms with E-state index in [0.717, 1.165) is 12.2 Å². The first kappa shape index (κ1) is 13.0. The van der Waals surface area contributed by atoms with Gasteiger partial charge >= 0.3 is 0 Å². The van der Waals surface area contributed by atoms with Gasteiger partial charge in [-0.15, -0.1) is 0 Å². The highest BCUT2D eigenvalue weighted by atomic mass is 35.5. The molecular formula is C13H18ClN3O. The molecule has 2 rings (SSSR count). The number of nitrogens with zero attached hydrogens (tertiary/aromatic N) is 1. The summed E-state index contributed by atoms with van der Waals surface area (Å²) in [5.74, 6) is 0.198. The summed E-state index contributed by atoms with van der Waals surface area (Å²) in [6.07, 6.45) is 0.528. The van der Waals surface area contributed by atoms with Crippen LogP contribution in [0.2, 0.25) is 5.02 Å². The molecule has 1 fully saturated rings. The minimum Gasteiger partial charge on any atom is -0.398 e. The number of benzene rings is 1. The number of rotatable bonds is 3. The Morgan fingerprint density at radius 3 is 2.78 bits per heavy atom. The van der Waals surface area contributed by atoms with Gasteiger partial charge in [0.2, 0.25) is 5.91 Å². The fourth-order valence-electron chi connectivity index (χ4n) is 2.18. The Labute approximate surface area is 112 Å². The summed E-state index contributed by atoms with van der Waals surface area (Å²) in [6.45, 7) is 4.79. The summed E-state index contributed by atoms with van der Waals surface area (Å²) < 4.78 is 0. The Bertz CT molecular complexity index is 462. The minimum atomic E-state index is 0.139. The molecule has 1 aromatic carbocycles. The third-order valence-electron chi connectivity index (χ3n) is 3.15. The largest absolute Gasteiger partial charge is 0.398 e. The Hall–Kier alpha value is -1.42. The van der Waals surface area contributed by atoms with Gasteiger partial charge in [-0.1, -0.05) is 11.6 Å². The van der Waals surface area contributed by atoms with E-state index in [9.17, 15) is 4.79 Å². The summed E-state index contributed by atoms with van der Waals surface area (Å²) in [5.41, 5.74) is 7.12. The van der Waals surface area contributed by atoms with Crippen LogP contribution < -0.4 is 11.1 Å². The number of hydrogen-bond donors (Lipinski definition) is 2. The third kappa shape index (κ3) is 2.70. The molecule has 1 amide bonds. The van der Waals surface area contributed by atoms with Crippen molar-refractivity contribution in [3.05, 3.63) is 23.2 Å². The zero-order valence-corrected chi connectivity index (χ0v) is 11.4. The molecule has 1 saturated heterocycles. The molecule has 1 atom stereocenters. The molecule has 1 aliphatic heterocycles. The van der Waals surface area contributed by atoms with E-state index >= 15 is 0 Å². The van der Waals surface area contributed by atoms with Crippen molar-refractivity contribution in [3.8, 4) is 0 Å². The third-order valence-corrected chi connectivity index (χ3v) is 3.48. The number of nitrogens with one attached hydrogen (secondary N) is 1. The van der Waals surface area contributed by atoms with Gasteiger partial charge in [-0.05, 0) is 32.0 Å². The van der Waals surface area contributed by atoms with Gasteiger partial charge < -0.3 is 16.0 Å². The number of carbonyl (C=O) groups is 1. The zero-order chi connectivity index (χ0) is 13.3. The van der Waals surface area contributed by atoms with E-state index in [1.165, 1.54) is 0 Å². The number of halogens is 1. The normalized spacial score (nSPS) is 19.7. The molecule has 0 bridgehead atoms. The highest BCUT2D eigenvalue weighted by Gasteiger charge is 2.30. The maximum Gasteiger partial charge on any atom is 0.225 e. The van der Waals surface area contributed by atoms with Crippen molar-refractivity contribution >= 4 is 28.9 Å². The van der Waals surface area contributed by atoms with Crippen LogP contribution in [-0.4, -0.2) is 29.4 Å². The Morgan fingerprint density at radius 2 is 2.22 bits per heavy atom. The van der Waals surface area contributed by atoms with Crippen molar-refractivity contribution in [2.24, 2.45) is 0 Å². The van der Waals surface area contributed by atoms with Gasteiger partial charge in [-0.2, -0.15) is 0 Å². The van der Waals surface area contributed by atoms with Crippen LogP contribution in [0.15, 0.2) is 18.2 Å². The maximum absolute atomic E-state index is 11.8. The number of nitrogen functional groups attached to an aromatic ring is 1. The van der Waals surface area contributed by atoms with Gasteiger partial charge in [0.05, 0.1) is 16.8 Å². The Balaban J connectivity index is 2.03. The predicted molar refractivity (Wildman–Crippen MR) is 74.7 cm³/mol. The van der Waals surface area contributed by atoms with Crippen LogP contribution in [0.3, 0.4) is 0 Å². The second kappa shape index (κ2) is 5.06. The highest BCUT2D eigenvalue weighted by molar-refractivity contribution is 6.33. The quantitative estimate of drug-likeness (QED) is 0.827. The Kier molecular flexibility index (Phi) is 3.66. The van der Waals surface area contributed by atoms with Crippen LogP contribution in [0.4, 0.5) is 11.4 Å². The average Bonchev–Trinajstić information content (AvgIpc) is 2.65. The molecule has 98 valence electrons. The van der Waals surface area contributed by atoms with E-state index in [4.69, 9.17) is 17.3 Å². The lowest BCUT2D eigenvalue weighted by Gasteiger charge is -2.21. The van der Waals surface area contributed by atoms with Gasteiger partial charge in [-0.25, -0.2) is 0 Å². The molecule has 0 aliphatic carbocycles. The molecule has 0 spiro atoms. The summed E-state index contributed by atoms with van der Waals surface area (Å²) in [5, 5.41) is 3.85. The van der Waals surface area contributed by atoms with E-state index in [0.29, 0.717) is 17.1 Å². The lowest BCUT2D eigenvalue weighted by molar-refractivity contribution is -0.129. The monoisotopic (exact) mass is 267 g/mol. The smallest absolute Gasteiger partial charge is 0.225 e. The number of nitrogens with two attached hydrogens (primary N) is 1. The SMILES string of the molecule is CC(C)N1CC(Nc2ccc(N)c(Cl)c2)CC1=O. The van der Waals surface area contributed by atoms with Crippen LogP contribution in [-0.2, 0) is 4.79 Å². The van der Waals surface area contributed by atoms with Crippen molar-refractivity contribution < 1.29 is 4.79 Å². The van der Waals surface area contributed by atoms with Gasteiger partial charge in [0, 0.05) is 24.7 Å². The second-order valence-electron chi connectivity index (χ2n) is 4.92. The lowest BCUT2D eigenvalue weighted by Crippen LogP contribution is -2.33. The molecule has 1 heterocycles. The minimum absolute atomic E-state index is 0.139. The lowest BCUT2D eigenvalue weighted by atomic mass is 10.2. The van der Waals surface area contributed by atoms with E-state index in [1.54, 1.807) is 12.1 Å². The van der Waals surface area contributed by atoms with Crippen LogP contribution in [0.25, 0.3) is 0 Å². The van der Waals surface area contributed by atoms with E-state index < -0.39 is 0 Å². The van der Waals surface area contributed by atoms with E-state index in [-0.39, 0.29) is 18.0 Å². The fourth-order valence-corrected chi connectivity index (χ4v) is 2.36. The van der Waals surface area contributed by atoms with Crippen LogP contribution in [0.5, 0.6) is 0 Å². The predicted octanol–water partition coefficient (Wildman–Crippen LogP) is 2.34. The number of carbonyl (C=O) groups excluding carboxylic acids is 1. The summed E-state index contributed by atoms with van der Waals surface area (Å²) >= 11 is 5.96. The summed E-state index contributed by atoms with van der Waals surface area (Å²) in [7, 11) is 0. The molecule has 5 heteroatoms. The van der Waals surface area contributed by atoms with Gasteiger partial charge in [0.25, 0.3) is 0 Å². The topological polar surface area (TPSA) is 58.4 Å². The van der Waals surface area contributed by atoms with Crippen LogP contribution in [0.1, 0.15) is 20.3 Å². The second-order valence-corrected chi connectivity index (χ2v) is 5.33. The fraction of sp³-hybridized carbons (Fsp3) is 0.462. The molecule has 0 radical (unpaired) electrons. The summed E-state index contributed by atoms with van der Waals surface area (Å²) in [4.78, 5) is 13.7. The Morgan fingerprint density at radius 1 is 1.50 bits per heavy atom. The first-order valence-corrected chi connectivity index (χ1v) is 6.46. The molecule has 0 aromatic heterocycles. The maximum atomic E-state index is 11.8. The van der Waals surface area contributed by atoms with Crippen molar-refractivity contribution in [1.29, 1.82) is 0 Å². The van der Waals surface area contributed by atoms with Crippen molar-refractivity contribution in [2.45, 2.75) is 32.4 Å². The zero-order valence-electron chi connectivity index (χ0n) is 10.6. The molecule has 0 saturated carbocycles. The first-order chi connectivity index (χ1) is 8.47. The van der Waals surface area contributed by atoms with E-state index in [1.807, 2.05) is 24.8 Å². The standard InChI is InChI=1S/C13H18ClN3O/c1-8(2)17-7-10(6-13(17)18)16-9-3-4-12(15)11(14)5-9/h3-5,8,10,16H,6-7,15H2,1-2H3. The number of hydrogen-bond acceptors (Lipinski definition) is 3. The molecule has 1 aliphatic rings. The van der Waals surface area contributed by atoms with Gasteiger partial charge in [-0.3, -0.25) is 4.79 Å². The first-order valence-electron chi connectivity index (χ1n) is 6.08.